The lowest BCUT2D eigenvalue weighted by Gasteiger charge is -2.11. The number of hydrogen-bond donors (Lipinski definition) is 2. The maximum absolute atomic E-state index is 13.9. The average Bonchev–Trinajstić information content (AvgIpc) is 3.19. The molecule has 0 saturated heterocycles. The number of H-pyrrole nitrogens is 1. The van der Waals surface area contributed by atoms with Gasteiger partial charge in [-0.05, 0) is 24.3 Å². The lowest BCUT2D eigenvalue weighted by molar-refractivity contribution is -0.00748. The minimum Gasteiger partial charge on any atom is -0.464 e. The summed E-state index contributed by atoms with van der Waals surface area (Å²) in [6.45, 7) is 1.45. The van der Waals surface area contributed by atoms with Crippen LogP contribution in [0, 0.1) is 0 Å². The Hall–Kier alpha value is -2.96. The number of alkyl halides is 2. The van der Waals surface area contributed by atoms with E-state index in [1.807, 2.05) is 12.1 Å². The number of aromatic amines is 1. The minimum absolute atomic E-state index is 0.0848. The van der Waals surface area contributed by atoms with E-state index in [0.717, 1.165) is 11.8 Å². The normalized spacial score (nSPS) is 12.1. The number of aromatic nitrogens is 3. The van der Waals surface area contributed by atoms with Gasteiger partial charge in [0.05, 0.1) is 11.1 Å². The first kappa shape index (κ1) is 14.6. The van der Waals surface area contributed by atoms with Crippen LogP contribution in [-0.2, 0) is 5.92 Å². The molecule has 3 aromatic heterocycles. The molecular weight excluding hydrogens is 314 g/mol. The molecule has 1 aromatic carbocycles. The van der Waals surface area contributed by atoms with E-state index >= 15 is 0 Å². The predicted molar refractivity (Wildman–Crippen MR) is 87.6 cm³/mol. The van der Waals surface area contributed by atoms with Crippen molar-refractivity contribution in [2.45, 2.75) is 19.3 Å². The van der Waals surface area contributed by atoms with E-state index in [0.29, 0.717) is 28.0 Å². The van der Waals surface area contributed by atoms with Crippen LogP contribution in [0.1, 0.15) is 18.9 Å². The third-order valence-electron chi connectivity index (χ3n) is 4.00. The van der Waals surface area contributed by atoms with Crippen molar-refractivity contribution < 1.29 is 13.2 Å². The zero-order chi connectivity index (χ0) is 16.7. The number of hydrogen-bond acceptors (Lipinski definition) is 4. The van der Waals surface area contributed by atoms with E-state index in [2.05, 4.69) is 20.5 Å². The smallest absolute Gasteiger partial charge is 0.276 e. The number of anilines is 2. The van der Waals surface area contributed by atoms with Crippen LogP contribution in [0.25, 0.3) is 22.0 Å². The molecule has 0 bridgehead atoms. The Morgan fingerprint density at radius 3 is 3.00 bits per heavy atom. The highest BCUT2D eigenvalue weighted by molar-refractivity contribution is 5.90. The largest absolute Gasteiger partial charge is 0.464 e. The molecule has 0 radical (unpaired) electrons. The SMILES string of the molecule is CCC(F)(F)c1coc2cc(Nc3n[nH]c4cccnc34)ccc12. The molecule has 0 atom stereocenters. The van der Waals surface area contributed by atoms with Crippen LogP contribution in [0.3, 0.4) is 0 Å². The third-order valence-corrected chi connectivity index (χ3v) is 4.00. The lowest BCUT2D eigenvalue weighted by atomic mass is 10.1. The van der Waals surface area contributed by atoms with Crippen LogP contribution in [-0.4, -0.2) is 15.2 Å². The Labute approximate surface area is 135 Å². The van der Waals surface area contributed by atoms with Gasteiger partial charge in [-0.3, -0.25) is 10.1 Å². The van der Waals surface area contributed by atoms with Gasteiger partial charge in [0.1, 0.15) is 17.4 Å². The molecule has 2 N–H and O–H groups in total. The zero-order valence-corrected chi connectivity index (χ0v) is 12.8. The van der Waals surface area contributed by atoms with Crippen molar-refractivity contribution in [2.75, 3.05) is 5.32 Å². The quantitative estimate of drug-likeness (QED) is 0.556. The Morgan fingerprint density at radius 2 is 2.17 bits per heavy atom. The summed E-state index contributed by atoms with van der Waals surface area (Å²) in [6.07, 6.45) is 2.54. The van der Waals surface area contributed by atoms with Crippen molar-refractivity contribution in [3.63, 3.8) is 0 Å². The third kappa shape index (κ3) is 2.29. The standard InChI is InChI=1S/C17H14F2N4O/c1-2-17(18,19)12-9-24-14-8-10(5-6-11(12)14)21-16-15-13(22-23-16)4-3-7-20-15/h3-9H,2H2,1H3,(H2,21,22,23). The first-order chi connectivity index (χ1) is 11.6. The number of rotatable bonds is 4. The summed E-state index contributed by atoms with van der Waals surface area (Å²) in [4.78, 5) is 4.27. The number of nitrogens with one attached hydrogen (secondary N) is 2. The maximum atomic E-state index is 13.9. The van der Waals surface area contributed by atoms with Gasteiger partial charge in [-0.1, -0.05) is 6.92 Å². The van der Waals surface area contributed by atoms with Crippen LogP contribution in [0.4, 0.5) is 20.3 Å². The maximum Gasteiger partial charge on any atom is 0.276 e. The van der Waals surface area contributed by atoms with E-state index in [-0.39, 0.29) is 12.0 Å². The first-order valence-electron chi connectivity index (χ1n) is 7.54. The van der Waals surface area contributed by atoms with Gasteiger partial charge in [-0.25, -0.2) is 8.78 Å². The van der Waals surface area contributed by atoms with Crippen LogP contribution in [0.2, 0.25) is 0 Å². The van der Waals surface area contributed by atoms with Crippen LogP contribution < -0.4 is 5.32 Å². The van der Waals surface area contributed by atoms with Crippen LogP contribution in [0.5, 0.6) is 0 Å². The van der Waals surface area contributed by atoms with Crippen molar-refractivity contribution in [3.8, 4) is 0 Å². The van der Waals surface area contributed by atoms with E-state index in [1.54, 1.807) is 24.4 Å². The highest BCUT2D eigenvalue weighted by Crippen LogP contribution is 2.38. The van der Waals surface area contributed by atoms with Crippen LogP contribution in [0.15, 0.2) is 47.2 Å². The number of benzene rings is 1. The predicted octanol–water partition coefficient (Wildman–Crippen LogP) is 4.95. The van der Waals surface area contributed by atoms with Gasteiger partial charge in [0, 0.05) is 29.8 Å². The molecule has 0 saturated carbocycles. The summed E-state index contributed by atoms with van der Waals surface area (Å²) in [5.74, 6) is -2.33. The fourth-order valence-electron chi connectivity index (χ4n) is 2.66. The molecule has 5 nitrogen and oxygen atoms in total. The molecule has 3 heterocycles. The number of nitrogens with zero attached hydrogens (tertiary/aromatic N) is 2. The second-order valence-electron chi connectivity index (χ2n) is 5.52. The number of furan rings is 1. The van der Waals surface area contributed by atoms with Gasteiger partial charge in [0.25, 0.3) is 5.92 Å². The number of pyridine rings is 1. The lowest BCUT2D eigenvalue weighted by Crippen LogP contribution is -2.10. The van der Waals surface area contributed by atoms with Crippen molar-refractivity contribution in [2.24, 2.45) is 0 Å². The molecule has 7 heteroatoms. The fourth-order valence-corrected chi connectivity index (χ4v) is 2.66. The molecule has 0 fully saturated rings. The first-order valence-corrected chi connectivity index (χ1v) is 7.54. The van der Waals surface area contributed by atoms with Gasteiger partial charge in [0.2, 0.25) is 0 Å². The molecule has 24 heavy (non-hydrogen) atoms. The number of halogens is 2. The molecule has 0 amide bonds. The summed E-state index contributed by atoms with van der Waals surface area (Å²) >= 11 is 0. The summed E-state index contributed by atoms with van der Waals surface area (Å²) in [5.41, 5.74) is 2.51. The monoisotopic (exact) mass is 328 g/mol. The summed E-state index contributed by atoms with van der Waals surface area (Å²) in [7, 11) is 0. The topological polar surface area (TPSA) is 66.7 Å². The van der Waals surface area contributed by atoms with Gasteiger partial charge in [-0.2, -0.15) is 5.10 Å². The molecule has 0 unspecified atom stereocenters. The molecule has 4 rings (SSSR count). The van der Waals surface area contributed by atoms with E-state index in [9.17, 15) is 8.78 Å². The van der Waals surface area contributed by atoms with Crippen molar-refractivity contribution in [1.82, 2.24) is 15.2 Å². The Bertz CT molecular complexity index is 1020. The summed E-state index contributed by atoms with van der Waals surface area (Å²) < 4.78 is 33.2. The molecule has 122 valence electrons. The Morgan fingerprint density at radius 1 is 1.29 bits per heavy atom. The van der Waals surface area contributed by atoms with Crippen molar-refractivity contribution >= 4 is 33.5 Å². The molecule has 0 spiro atoms. The fraction of sp³-hybridized carbons (Fsp3) is 0.176. The van der Waals surface area contributed by atoms with Crippen molar-refractivity contribution in [1.29, 1.82) is 0 Å². The van der Waals surface area contributed by atoms with E-state index < -0.39 is 5.92 Å². The highest BCUT2D eigenvalue weighted by Gasteiger charge is 2.32. The van der Waals surface area contributed by atoms with E-state index in [1.165, 1.54) is 6.92 Å². The Balaban J connectivity index is 1.71. The molecule has 0 aliphatic heterocycles. The van der Waals surface area contributed by atoms with Gasteiger partial charge in [-0.15, -0.1) is 0 Å². The molecule has 0 aliphatic rings. The minimum atomic E-state index is -2.90. The van der Waals surface area contributed by atoms with E-state index in [4.69, 9.17) is 4.42 Å². The molecular formula is C17H14F2N4O. The highest BCUT2D eigenvalue weighted by atomic mass is 19.3. The van der Waals surface area contributed by atoms with Crippen LogP contribution >= 0.6 is 0 Å². The van der Waals surface area contributed by atoms with Crippen molar-refractivity contribution in [3.05, 3.63) is 48.4 Å². The summed E-state index contributed by atoms with van der Waals surface area (Å²) in [6, 6.07) is 8.71. The van der Waals surface area contributed by atoms with Gasteiger partial charge >= 0.3 is 0 Å². The van der Waals surface area contributed by atoms with Gasteiger partial charge < -0.3 is 9.73 Å². The van der Waals surface area contributed by atoms with Gasteiger partial charge in [0.15, 0.2) is 5.82 Å². The molecule has 4 aromatic rings. The second-order valence-corrected chi connectivity index (χ2v) is 5.52. The molecule has 0 aliphatic carbocycles. The zero-order valence-electron chi connectivity index (χ0n) is 12.8. The summed E-state index contributed by atoms with van der Waals surface area (Å²) in [5, 5.41) is 10.6. The average molecular weight is 328 g/mol. The number of fused-ring (bicyclic) bond motifs is 2. The second kappa shape index (κ2) is 5.30. The Kier molecular flexibility index (Phi) is 3.23.